The van der Waals surface area contributed by atoms with Gasteiger partial charge in [-0.2, -0.15) is 0 Å². The number of sulfonamides is 1. The smallest absolute Gasteiger partial charge is 0.244 e. The number of nitrogens with zero attached hydrogens (tertiary/aromatic N) is 2. The molecule has 11 heteroatoms. The lowest BCUT2D eigenvalue weighted by atomic mass is 10.1. The lowest BCUT2D eigenvalue weighted by Gasteiger charge is -2.32. The molecule has 0 fully saturated rings. The zero-order valence-corrected chi connectivity index (χ0v) is 23.4. The molecule has 7 nitrogen and oxygen atoms in total. The molecule has 0 radical (unpaired) electrons. The SMILES string of the molecule is Cc1ccc(Cl)cc1N(CC(=O)N(Cc1ccc(Cl)c(Cl)c1)[C@H](C)C(=O)NCC(C)C)S(C)(=O)=O. The van der Waals surface area contributed by atoms with Crippen LogP contribution in [0.25, 0.3) is 0 Å². The maximum atomic E-state index is 13.6. The normalized spacial score (nSPS) is 12.4. The molecule has 2 aromatic rings. The van der Waals surface area contributed by atoms with Crippen LogP contribution in [0, 0.1) is 12.8 Å². The van der Waals surface area contributed by atoms with E-state index in [1.807, 2.05) is 13.8 Å². The van der Waals surface area contributed by atoms with Gasteiger partial charge in [-0.25, -0.2) is 8.42 Å². The minimum Gasteiger partial charge on any atom is -0.354 e. The summed E-state index contributed by atoms with van der Waals surface area (Å²) >= 11 is 18.3. The van der Waals surface area contributed by atoms with E-state index in [0.29, 0.717) is 38.4 Å². The summed E-state index contributed by atoms with van der Waals surface area (Å²) in [6.07, 6.45) is 1.02. The first-order chi connectivity index (χ1) is 16.2. The standard InChI is InChI=1S/C24H30Cl3N3O4S/c1-15(2)12-28-24(32)17(4)29(13-18-7-9-20(26)21(27)10-18)23(31)14-30(35(5,33)34)22-11-19(25)8-6-16(22)3/h6-11,15,17H,12-14H2,1-5H3,(H,28,32)/t17-/m1/s1. The molecule has 1 N–H and O–H groups in total. The third kappa shape index (κ3) is 8.27. The van der Waals surface area contributed by atoms with Crippen LogP contribution in [0.3, 0.4) is 0 Å². The van der Waals surface area contributed by atoms with Crippen molar-refractivity contribution in [3.63, 3.8) is 0 Å². The van der Waals surface area contributed by atoms with E-state index in [4.69, 9.17) is 34.8 Å². The van der Waals surface area contributed by atoms with Crippen molar-refractivity contribution in [1.29, 1.82) is 0 Å². The molecule has 0 unspecified atom stereocenters. The quantitative estimate of drug-likeness (QED) is 0.446. The van der Waals surface area contributed by atoms with Crippen LogP contribution in [0.2, 0.25) is 15.1 Å². The molecule has 0 saturated heterocycles. The molecule has 0 bridgehead atoms. The molecule has 0 aliphatic rings. The molecule has 1 atom stereocenters. The van der Waals surface area contributed by atoms with E-state index in [9.17, 15) is 18.0 Å². The van der Waals surface area contributed by atoms with Crippen molar-refractivity contribution in [2.24, 2.45) is 5.92 Å². The second kappa shape index (κ2) is 12.3. The molecule has 0 aromatic heterocycles. The molecular weight excluding hydrogens is 533 g/mol. The van der Waals surface area contributed by atoms with Crippen molar-refractivity contribution in [3.05, 3.63) is 62.6 Å². The Morgan fingerprint density at radius 1 is 1.00 bits per heavy atom. The molecule has 0 aliphatic carbocycles. The Morgan fingerprint density at radius 3 is 2.23 bits per heavy atom. The average molecular weight is 563 g/mol. The lowest BCUT2D eigenvalue weighted by molar-refractivity contribution is -0.139. The van der Waals surface area contributed by atoms with Crippen LogP contribution in [0.15, 0.2) is 36.4 Å². The number of amides is 2. The maximum Gasteiger partial charge on any atom is 0.244 e. The first-order valence-electron chi connectivity index (χ1n) is 11.0. The first-order valence-corrected chi connectivity index (χ1v) is 13.9. The van der Waals surface area contributed by atoms with E-state index in [1.165, 1.54) is 11.0 Å². The first kappa shape index (κ1) is 29.2. The van der Waals surface area contributed by atoms with Gasteiger partial charge in [0.1, 0.15) is 12.6 Å². The van der Waals surface area contributed by atoms with Gasteiger partial charge in [-0.3, -0.25) is 13.9 Å². The largest absolute Gasteiger partial charge is 0.354 e. The summed E-state index contributed by atoms with van der Waals surface area (Å²) in [4.78, 5) is 27.7. The van der Waals surface area contributed by atoms with Gasteiger partial charge in [0.2, 0.25) is 21.8 Å². The number of anilines is 1. The lowest BCUT2D eigenvalue weighted by Crippen LogP contribution is -2.51. The molecule has 2 rings (SSSR count). The van der Waals surface area contributed by atoms with E-state index < -0.39 is 28.5 Å². The number of rotatable bonds is 10. The Labute approximate surface area is 222 Å². The molecule has 0 heterocycles. The zero-order chi connectivity index (χ0) is 26.5. The number of benzene rings is 2. The Morgan fingerprint density at radius 2 is 1.66 bits per heavy atom. The average Bonchev–Trinajstić information content (AvgIpc) is 2.76. The minimum atomic E-state index is -3.85. The van der Waals surface area contributed by atoms with Crippen LogP contribution in [-0.2, 0) is 26.2 Å². The number of carbonyl (C=O) groups is 2. The predicted molar refractivity (Wildman–Crippen MR) is 143 cm³/mol. The van der Waals surface area contributed by atoms with E-state index in [2.05, 4.69) is 5.32 Å². The number of hydrogen-bond donors (Lipinski definition) is 1. The molecule has 0 spiro atoms. The maximum absolute atomic E-state index is 13.6. The topological polar surface area (TPSA) is 86.8 Å². The van der Waals surface area contributed by atoms with Gasteiger partial charge >= 0.3 is 0 Å². The molecule has 2 amide bonds. The third-order valence-electron chi connectivity index (χ3n) is 5.31. The van der Waals surface area contributed by atoms with Crippen molar-refractivity contribution < 1.29 is 18.0 Å². The van der Waals surface area contributed by atoms with Gasteiger partial charge in [-0.05, 0) is 55.2 Å². The zero-order valence-electron chi connectivity index (χ0n) is 20.3. The van der Waals surface area contributed by atoms with Crippen molar-refractivity contribution in [1.82, 2.24) is 10.2 Å². The van der Waals surface area contributed by atoms with E-state index in [0.717, 1.165) is 10.6 Å². The second-order valence-corrected chi connectivity index (χ2v) is 11.9. The third-order valence-corrected chi connectivity index (χ3v) is 7.41. The van der Waals surface area contributed by atoms with Crippen molar-refractivity contribution >= 4 is 62.3 Å². The molecule has 192 valence electrons. The van der Waals surface area contributed by atoms with Crippen molar-refractivity contribution in [2.45, 2.75) is 40.3 Å². The summed E-state index contributed by atoms with van der Waals surface area (Å²) in [6.45, 7) is 7.20. The number of halogens is 3. The summed E-state index contributed by atoms with van der Waals surface area (Å²) in [5.74, 6) is -0.693. The Balaban J connectivity index is 2.43. The van der Waals surface area contributed by atoms with Crippen molar-refractivity contribution in [2.75, 3.05) is 23.7 Å². The highest BCUT2D eigenvalue weighted by Gasteiger charge is 2.30. The summed E-state index contributed by atoms with van der Waals surface area (Å²) in [7, 11) is -3.85. The van der Waals surface area contributed by atoms with Crippen molar-refractivity contribution in [3.8, 4) is 0 Å². The van der Waals surface area contributed by atoms with Crippen LogP contribution in [-0.4, -0.2) is 50.5 Å². The van der Waals surface area contributed by atoms with Gasteiger partial charge in [0.15, 0.2) is 0 Å². The second-order valence-electron chi connectivity index (χ2n) is 8.79. The van der Waals surface area contributed by atoms with Gasteiger partial charge in [0, 0.05) is 18.1 Å². The fourth-order valence-electron chi connectivity index (χ4n) is 3.32. The number of hydrogen-bond acceptors (Lipinski definition) is 4. The molecular formula is C24H30Cl3N3O4S. The highest BCUT2D eigenvalue weighted by Crippen LogP contribution is 2.27. The van der Waals surface area contributed by atoms with Gasteiger partial charge in [0.25, 0.3) is 0 Å². The highest BCUT2D eigenvalue weighted by atomic mass is 35.5. The molecule has 35 heavy (non-hydrogen) atoms. The Kier molecular flexibility index (Phi) is 10.3. The Hall–Kier alpha value is -2.00. The number of aryl methyl sites for hydroxylation is 1. The fourth-order valence-corrected chi connectivity index (χ4v) is 4.70. The monoisotopic (exact) mass is 561 g/mol. The van der Waals surface area contributed by atoms with E-state index >= 15 is 0 Å². The fraction of sp³-hybridized carbons (Fsp3) is 0.417. The van der Waals surface area contributed by atoms with Crippen LogP contribution in [0.5, 0.6) is 0 Å². The van der Waals surface area contributed by atoms with Crippen LogP contribution in [0.4, 0.5) is 5.69 Å². The molecule has 0 saturated carbocycles. The summed E-state index contributed by atoms with van der Waals surface area (Å²) in [5.41, 5.74) is 1.56. The van der Waals surface area contributed by atoms with Crippen LogP contribution in [0.1, 0.15) is 31.9 Å². The number of carbonyl (C=O) groups excluding carboxylic acids is 2. The highest BCUT2D eigenvalue weighted by molar-refractivity contribution is 7.92. The summed E-state index contributed by atoms with van der Waals surface area (Å²) in [6, 6.07) is 8.84. The van der Waals surface area contributed by atoms with Gasteiger partial charge < -0.3 is 10.2 Å². The predicted octanol–water partition coefficient (Wildman–Crippen LogP) is 4.91. The molecule has 2 aromatic carbocycles. The summed E-state index contributed by atoms with van der Waals surface area (Å²) in [5, 5.41) is 3.82. The van der Waals surface area contributed by atoms with Gasteiger partial charge in [-0.1, -0.05) is 60.8 Å². The number of nitrogens with one attached hydrogen (secondary N) is 1. The van der Waals surface area contributed by atoms with Gasteiger partial charge in [-0.15, -0.1) is 0 Å². The van der Waals surface area contributed by atoms with Crippen LogP contribution >= 0.6 is 34.8 Å². The van der Waals surface area contributed by atoms with E-state index in [-0.39, 0.29) is 18.4 Å². The van der Waals surface area contributed by atoms with E-state index in [1.54, 1.807) is 44.2 Å². The van der Waals surface area contributed by atoms with Gasteiger partial charge in [0.05, 0.1) is 22.0 Å². The Bertz CT molecular complexity index is 1190. The molecule has 0 aliphatic heterocycles. The summed E-state index contributed by atoms with van der Waals surface area (Å²) < 4.78 is 26.3. The van der Waals surface area contributed by atoms with Crippen LogP contribution < -0.4 is 9.62 Å². The minimum absolute atomic E-state index is 0.0259.